The molecular formula is C13H14F2N2O3. The van der Waals surface area contributed by atoms with E-state index in [0.717, 1.165) is 17.0 Å². The second-order valence-electron chi connectivity index (χ2n) is 4.86. The summed E-state index contributed by atoms with van der Waals surface area (Å²) in [5, 5.41) is 11.3. The summed E-state index contributed by atoms with van der Waals surface area (Å²) in [5.74, 6) is -2.96. The van der Waals surface area contributed by atoms with Gasteiger partial charge in [0.25, 0.3) is 0 Å². The summed E-state index contributed by atoms with van der Waals surface area (Å²) in [6.45, 7) is 1.64. The van der Waals surface area contributed by atoms with Crippen LogP contribution in [0.3, 0.4) is 0 Å². The molecule has 1 saturated heterocycles. The van der Waals surface area contributed by atoms with Gasteiger partial charge in [0.15, 0.2) is 0 Å². The van der Waals surface area contributed by atoms with Crippen molar-refractivity contribution in [1.29, 1.82) is 0 Å². The highest BCUT2D eigenvalue weighted by Crippen LogP contribution is 2.30. The number of nitrogens with zero attached hydrogens (tertiary/aromatic N) is 1. The van der Waals surface area contributed by atoms with E-state index in [4.69, 9.17) is 0 Å². The maximum absolute atomic E-state index is 13.5. The number of hydrogen-bond donors (Lipinski definition) is 2. The first-order valence-electron chi connectivity index (χ1n) is 6.12. The number of carbonyl (C=O) groups is 2. The summed E-state index contributed by atoms with van der Waals surface area (Å²) < 4.78 is 26.9. The molecule has 1 aromatic carbocycles. The number of likely N-dealkylation sites (tertiary alicyclic amines) is 1. The van der Waals surface area contributed by atoms with Crippen LogP contribution in [-0.2, 0) is 4.79 Å². The van der Waals surface area contributed by atoms with E-state index in [-0.39, 0.29) is 6.54 Å². The molecule has 5 nitrogen and oxygen atoms in total. The predicted molar refractivity (Wildman–Crippen MR) is 67.4 cm³/mol. The van der Waals surface area contributed by atoms with Crippen molar-refractivity contribution in [2.75, 3.05) is 11.9 Å². The van der Waals surface area contributed by atoms with E-state index in [1.54, 1.807) is 0 Å². The van der Waals surface area contributed by atoms with Crippen molar-refractivity contribution in [3.8, 4) is 0 Å². The van der Waals surface area contributed by atoms with Crippen molar-refractivity contribution in [3.63, 3.8) is 0 Å². The Morgan fingerprint density at radius 1 is 1.35 bits per heavy atom. The Kier molecular flexibility index (Phi) is 3.61. The molecule has 0 spiro atoms. The molecule has 1 aliphatic rings. The first-order valence-corrected chi connectivity index (χ1v) is 6.12. The van der Waals surface area contributed by atoms with Crippen LogP contribution in [0.1, 0.15) is 19.8 Å². The van der Waals surface area contributed by atoms with E-state index in [9.17, 15) is 23.5 Å². The van der Waals surface area contributed by atoms with Crippen LogP contribution in [0.4, 0.5) is 19.3 Å². The molecule has 0 aliphatic carbocycles. The highest BCUT2D eigenvalue weighted by Gasteiger charge is 2.46. The Hall–Kier alpha value is -2.18. The van der Waals surface area contributed by atoms with Gasteiger partial charge in [-0.3, -0.25) is 0 Å². The fraction of sp³-hybridized carbons (Fsp3) is 0.385. The van der Waals surface area contributed by atoms with Crippen molar-refractivity contribution >= 4 is 17.7 Å². The van der Waals surface area contributed by atoms with Crippen LogP contribution in [0.2, 0.25) is 0 Å². The van der Waals surface area contributed by atoms with Gasteiger partial charge in [-0.05, 0) is 31.9 Å². The largest absolute Gasteiger partial charge is 0.480 e. The molecule has 1 atom stereocenters. The number of para-hydroxylation sites is 1. The Bertz CT molecular complexity index is 544. The summed E-state index contributed by atoms with van der Waals surface area (Å²) in [6, 6.07) is 2.38. The molecular weight excluding hydrogens is 270 g/mol. The minimum Gasteiger partial charge on any atom is -0.480 e. The third kappa shape index (κ3) is 2.31. The second-order valence-corrected chi connectivity index (χ2v) is 4.86. The number of hydrogen-bond acceptors (Lipinski definition) is 2. The van der Waals surface area contributed by atoms with Crippen molar-refractivity contribution in [3.05, 3.63) is 29.8 Å². The Morgan fingerprint density at radius 3 is 2.50 bits per heavy atom. The molecule has 7 heteroatoms. The molecule has 1 unspecified atom stereocenters. The van der Waals surface area contributed by atoms with Gasteiger partial charge in [0.1, 0.15) is 22.9 Å². The molecule has 1 fully saturated rings. The lowest BCUT2D eigenvalue weighted by Crippen LogP contribution is -2.52. The van der Waals surface area contributed by atoms with E-state index in [2.05, 4.69) is 5.32 Å². The number of carboxylic acid groups (broad SMARTS) is 1. The minimum absolute atomic E-state index is 0.227. The zero-order chi connectivity index (χ0) is 14.9. The van der Waals surface area contributed by atoms with E-state index in [0.29, 0.717) is 12.8 Å². The Labute approximate surface area is 114 Å². The molecule has 1 aliphatic heterocycles. The predicted octanol–water partition coefficient (Wildman–Crippen LogP) is 2.44. The standard InChI is InChI=1S/C13H14F2N2O3/c1-13(11(18)19)6-3-7-17(13)12(20)16-10-8(14)4-2-5-9(10)15/h2,4-5H,3,6-7H2,1H3,(H,16,20)(H,18,19). The van der Waals surface area contributed by atoms with Crippen molar-refractivity contribution in [2.24, 2.45) is 0 Å². The highest BCUT2D eigenvalue weighted by molar-refractivity contribution is 5.94. The molecule has 2 rings (SSSR count). The number of carbonyl (C=O) groups excluding carboxylic acids is 1. The van der Waals surface area contributed by atoms with E-state index in [1.807, 2.05) is 0 Å². The highest BCUT2D eigenvalue weighted by atomic mass is 19.1. The number of halogens is 2. The normalized spacial score (nSPS) is 21.9. The summed E-state index contributed by atoms with van der Waals surface area (Å²) >= 11 is 0. The number of anilines is 1. The van der Waals surface area contributed by atoms with Gasteiger partial charge in [-0.1, -0.05) is 6.07 Å². The smallest absolute Gasteiger partial charge is 0.329 e. The maximum Gasteiger partial charge on any atom is 0.329 e. The van der Waals surface area contributed by atoms with Gasteiger partial charge in [0, 0.05) is 6.54 Å². The number of aliphatic carboxylic acids is 1. The van der Waals surface area contributed by atoms with Crippen LogP contribution in [0.5, 0.6) is 0 Å². The fourth-order valence-corrected chi connectivity index (χ4v) is 2.30. The summed E-state index contributed by atoms with van der Waals surface area (Å²) in [4.78, 5) is 24.4. The van der Waals surface area contributed by atoms with Gasteiger partial charge < -0.3 is 15.3 Å². The van der Waals surface area contributed by atoms with Gasteiger partial charge in [0.05, 0.1) is 0 Å². The molecule has 1 aromatic rings. The van der Waals surface area contributed by atoms with Crippen LogP contribution in [0, 0.1) is 11.6 Å². The summed E-state index contributed by atoms with van der Waals surface area (Å²) in [7, 11) is 0. The molecule has 108 valence electrons. The Morgan fingerprint density at radius 2 is 1.95 bits per heavy atom. The van der Waals surface area contributed by atoms with Gasteiger partial charge in [-0.25, -0.2) is 18.4 Å². The Balaban J connectivity index is 2.23. The monoisotopic (exact) mass is 284 g/mol. The van der Waals surface area contributed by atoms with Crippen molar-refractivity contribution in [2.45, 2.75) is 25.3 Å². The van der Waals surface area contributed by atoms with Crippen LogP contribution in [-0.4, -0.2) is 34.1 Å². The molecule has 0 bridgehead atoms. The van der Waals surface area contributed by atoms with E-state index < -0.39 is 34.9 Å². The summed E-state index contributed by atoms with van der Waals surface area (Å²) in [5.41, 5.74) is -1.93. The number of carboxylic acids is 1. The van der Waals surface area contributed by atoms with E-state index >= 15 is 0 Å². The third-order valence-corrected chi connectivity index (χ3v) is 3.54. The second kappa shape index (κ2) is 5.07. The number of urea groups is 1. The fourth-order valence-electron chi connectivity index (χ4n) is 2.30. The molecule has 0 radical (unpaired) electrons. The number of amides is 2. The minimum atomic E-state index is -1.36. The number of benzene rings is 1. The van der Waals surface area contributed by atoms with Crippen LogP contribution >= 0.6 is 0 Å². The van der Waals surface area contributed by atoms with Gasteiger partial charge >= 0.3 is 12.0 Å². The number of rotatable bonds is 2. The van der Waals surface area contributed by atoms with Gasteiger partial charge in [0.2, 0.25) is 0 Å². The molecule has 0 saturated carbocycles. The van der Waals surface area contributed by atoms with Crippen LogP contribution in [0.25, 0.3) is 0 Å². The lowest BCUT2D eigenvalue weighted by Gasteiger charge is -2.31. The molecule has 2 N–H and O–H groups in total. The van der Waals surface area contributed by atoms with Crippen LogP contribution < -0.4 is 5.32 Å². The first-order chi connectivity index (χ1) is 9.36. The lowest BCUT2D eigenvalue weighted by molar-refractivity contribution is -0.146. The third-order valence-electron chi connectivity index (χ3n) is 3.54. The topological polar surface area (TPSA) is 69.6 Å². The lowest BCUT2D eigenvalue weighted by atomic mass is 10.00. The number of nitrogens with one attached hydrogen (secondary N) is 1. The zero-order valence-electron chi connectivity index (χ0n) is 10.8. The molecule has 1 heterocycles. The molecule has 20 heavy (non-hydrogen) atoms. The SMILES string of the molecule is CC1(C(=O)O)CCCN1C(=O)Nc1c(F)cccc1F. The van der Waals surface area contributed by atoms with Crippen LogP contribution in [0.15, 0.2) is 18.2 Å². The quantitative estimate of drug-likeness (QED) is 0.876. The first kappa shape index (κ1) is 14.2. The van der Waals surface area contributed by atoms with Crippen molar-refractivity contribution < 1.29 is 23.5 Å². The molecule has 0 aromatic heterocycles. The average Bonchev–Trinajstić information content (AvgIpc) is 2.77. The van der Waals surface area contributed by atoms with Crippen molar-refractivity contribution in [1.82, 2.24) is 4.90 Å². The van der Waals surface area contributed by atoms with Gasteiger partial charge in [-0.2, -0.15) is 0 Å². The van der Waals surface area contributed by atoms with Gasteiger partial charge in [-0.15, -0.1) is 0 Å². The maximum atomic E-state index is 13.5. The average molecular weight is 284 g/mol. The van der Waals surface area contributed by atoms with E-state index in [1.165, 1.54) is 13.0 Å². The zero-order valence-corrected chi connectivity index (χ0v) is 10.8. The molecule has 2 amide bonds. The summed E-state index contributed by atoms with van der Waals surface area (Å²) in [6.07, 6.45) is 0.825.